The molecule has 1 aromatic heterocycles. The van der Waals surface area contributed by atoms with Gasteiger partial charge in [0.2, 0.25) is 5.91 Å². The van der Waals surface area contributed by atoms with E-state index in [0.717, 1.165) is 40.8 Å². The first kappa shape index (κ1) is 18.2. The van der Waals surface area contributed by atoms with Crippen molar-refractivity contribution >= 4 is 5.91 Å². The van der Waals surface area contributed by atoms with Gasteiger partial charge in [0.05, 0.1) is 11.2 Å². The molecule has 1 N–H and O–H groups in total. The van der Waals surface area contributed by atoms with Gasteiger partial charge in [-0.3, -0.25) is 9.48 Å². The lowest BCUT2D eigenvalue weighted by atomic mass is 9.97. The number of hydrogen-bond acceptors (Lipinski definition) is 2. The lowest BCUT2D eigenvalue weighted by molar-refractivity contribution is -0.116. The quantitative estimate of drug-likeness (QED) is 0.637. The normalized spacial score (nSPS) is 14.5. The summed E-state index contributed by atoms with van der Waals surface area (Å²) in [5.41, 5.74) is 4.80. The van der Waals surface area contributed by atoms with Crippen molar-refractivity contribution in [1.29, 1.82) is 0 Å². The summed E-state index contributed by atoms with van der Waals surface area (Å²) in [4.78, 5) is 11.6. The maximum absolute atomic E-state index is 13.3. The molecule has 0 atom stereocenters. The van der Waals surface area contributed by atoms with Gasteiger partial charge in [0, 0.05) is 18.3 Å². The van der Waals surface area contributed by atoms with Crippen LogP contribution in [0.5, 0.6) is 0 Å². The second-order valence-electron chi connectivity index (χ2n) is 7.44. The molecule has 0 spiro atoms. The lowest BCUT2D eigenvalue weighted by Crippen LogP contribution is -2.20. The van der Waals surface area contributed by atoms with Crippen molar-refractivity contribution in [3.05, 3.63) is 78.8 Å². The Kier molecular flexibility index (Phi) is 4.59. The second kappa shape index (κ2) is 7.08. The fraction of sp³-hybridized carbons (Fsp3) is 0.217. The van der Waals surface area contributed by atoms with E-state index in [2.05, 4.69) is 18.8 Å². The number of nitrogens with one attached hydrogen (secondary N) is 1. The molecule has 1 amide bonds. The van der Waals surface area contributed by atoms with Crippen LogP contribution in [-0.2, 0) is 16.9 Å². The van der Waals surface area contributed by atoms with Crippen molar-refractivity contribution in [3.63, 3.8) is 0 Å². The maximum Gasteiger partial charge on any atom is 0.243 e. The summed E-state index contributed by atoms with van der Waals surface area (Å²) in [5, 5.41) is 7.63. The first-order valence-corrected chi connectivity index (χ1v) is 9.34. The van der Waals surface area contributed by atoms with E-state index in [-0.39, 0.29) is 17.3 Å². The van der Waals surface area contributed by atoms with Crippen LogP contribution in [0, 0.1) is 5.82 Å². The van der Waals surface area contributed by atoms with Gasteiger partial charge in [-0.15, -0.1) is 0 Å². The molecule has 1 heterocycles. The number of hydrogen-bond donors (Lipinski definition) is 1. The third-order valence-electron chi connectivity index (χ3n) is 5.32. The third kappa shape index (κ3) is 3.60. The molecular weight excluding hydrogens is 353 g/mol. The van der Waals surface area contributed by atoms with Gasteiger partial charge < -0.3 is 5.32 Å². The summed E-state index contributed by atoms with van der Waals surface area (Å²) in [7, 11) is 0. The fourth-order valence-corrected chi connectivity index (χ4v) is 3.22. The van der Waals surface area contributed by atoms with Crippen LogP contribution in [0.3, 0.4) is 0 Å². The van der Waals surface area contributed by atoms with Crippen LogP contribution in [0.4, 0.5) is 4.39 Å². The molecule has 5 heteroatoms. The summed E-state index contributed by atoms with van der Waals surface area (Å²) >= 11 is 0. The minimum absolute atomic E-state index is 0.115. The molecule has 1 aliphatic carbocycles. The minimum atomic E-state index is -0.260. The van der Waals surface area contributed by atoms with E-state index in [4.69, 9.17) is 5.10 Å². The predicted octanol–water partition coefficient (Wildman–Crippen LogP) is 4.67. The lowest BCUT2D eigenvalue weighted by Gasteiger charge is -2.12. The summed E-state index contributed by atoms with van der Waals surface area (Å²) < 4.78 is 15.3. The predicted molar refractivity (Wildman–Crippen MR) is 108 cm³/mol. The van der Waals surface area contributed by atoms with Gasteiger partial charge in [0.25, 0.3) is 0 Å². The molecule has 4 nitrogen and oxygen atoms in total. The number of benzene rings is 2. The van der Waals surface area contributed by atoms with Crippen LogP contribution in [0.1, 0.15) is 25.3 Å². The van der Waals surface area contributed by atoms with Crippen molar-refractivity contribution in [1.82, 2.24) is 15.1 Å². The Bertz CT molecular complexity index is 1030. The van der Waals surface area contributed by atoms with Gasteiger partial charge in [-0.1, -0.05) is 30.8 Å². The van der Waals surface area contributed by atoms with Gasteiger partial charge in [0.15, 0.2) is 0 Å². The van der Waals surface area contributed by atoms with E-state index >= 15 is 0 Å². The molecule has 0 saturated heterocycles. The molecule has 1 aliphatic rings. The van der Waals surface area contributed by atoms with Crippen molar-refractivity contribution < 1.29 is 9.18 Å². The summed E-state index contributed by atoms with van der Waals surface area (Å²) in [6.45, 7) is 6.07. The van der Waals surface area contributed by atoms with Crippen LogP contribution in [0.25, 0.3) is 22.4 Å². The Labute approximate surface area is 163 Å². The van der Waals surface area contributed by atoms with E-state index in [9.17, 15) is 9.18 Å². The van der Waals surface area contributed by atoms with Crippen molar-refractivity contribution in [2.75, 3.05) is 0 Å². The molecule has 1 saturated carbocycles. The van der Waals surface area contributed by atoms with Crippen molar-refractivity contribution in [3.8, 4) is 22.4 Å². The highest BCUT2D eigenvalue weighted by atomic mass is 19.1. The van der Waals surface area contributed by atoms with Gasteiger partial charge >= 0.3 is 0 Å². The number of carbonyl (C=O) groups excluding carboxylic acids is 1. The number of nitrogens with zero attached hydrogens (tertiary/aromatic N) is 2. The largest absolute Gasteiger partial charge is 0.348 e. The standard InChI is InChI=1S/C23H22FN3O/c1-3-22(28)25-15-18-5-4-17(16-6-8-19(24)9-7-16)14-20(18)21-10-13-27(26-21)23(2)11-12-23/h3-10,13-14H,1,11-12,15H2,2H3,(H,25,28). The summed E-state index contributed by atoms with van der Waals surface area (Å²) in [5.74, 6) is -0.478. The molecular formula is C23H22FN3O. The monoisotopic (exact) mass is 375 g/mol. The Hall–Kier alpha value is -3.21. The maximum atomic E-state index is 13.3. The van der Waals surface area contributed by atoms with Crippen LogP contribution in [0.2, 0.25) is 0 Å². The van der Waals surface area contributed by atoms with E-state index < -0.39 is 0 Å². The summed E-state index contributed by atoms with van der Waals surface area (Å²) in [6.07, 6.45) is 5.53. The molecule has 0 bridgehead atoms. The molecule has 3 aromatic rings. The van der Waals surface area contributed by atoms with Gasteiger partial charge in [-0.05, 0) is 66.8 Å². The first-order chi connectivity index (χ1) is 13.5. The zero-order valence-corrected chi connectivity index (χ0v) is 15.8. The van der Waals surface area contributed by atoms with Gasteiger partial charge in [-0.25, -0.2) is 4.39 Å². The number of halogens is 1. The number of carbonyl (C=O) groups is 1. The van der Waals surface area contributed by atoms with E-state index in [1.807, 2.05) is 35.1 Å². The second-order valence-corrected chi connectivity index (χ2v) is 7.44. The van der Waals surface area contributed by atoms with Crippen LogP contribution in [0.15, 0.2) is 67.4 Å². The molecule has 0 radical (unpaired) electrons. The van der Waals surface area contributed by atoms with Crippen LogP contribution in [-0.4, -0.2) is 15.7 Å². The average Bonchev–Trinajstić information content (AvgIpc) is 3.27. The Balaban J connectivity index is 1.73. The van der Waals surface area contributed by atoms with Crippen molar-refractivity contribution in [2.24, 2.45) is 0 Å². The number of rotatable bonds is 6. The van der Waals surface area contributed by atoms with E-state index in [0.29, 0.717) is 6.54 Å². The molecule has 2 aromatic carbocycles. The smallest absolute Gasteiger partial charge is 0.243 e. The third-order valence-corrected chi connectivity index (χ3v) is 5.32. The number of aromatic nitrogens is 2. The molecule has 0 aliphatic heterocycles. The fourth-order valence-electron chi connectivity index (χ4n) is 3.22. The van der Waals surface area contributed by atoms with Gasteiger partial charge in [-0.2, -0.15) is 5.10 Å². The Morgan fingerprint density at radius 3 is 2.61 bits per heavy atom. The van der Waals surface area contributed by atoms with Crippen LogP contribution < -0.4 is 5.32 Å². The zero-order chi connectivity index (χ0) is 19.7. The minimum Gasteiger partial charge on any atom is -0.348 e. The molecule has 0 unspecified atom stereocenters. The highest BCUT2D eigenvalue weighted by Crippen LogP contribution is 2.42. The van der Waals surface area contributed by atoms with Crippen molar-refractivity contribution in [2.45, 2.75) is 31.8 Å². The SMILES string of the molecule is C=CC(=O)NCc1ccc(-c2ccc(F)cc2)cc1-c1ccn(C2(C)CC2)n1. The molecule has 4 rings (SSSR count). The summed E-state index contributed by atoms with van der Waals surface area (Å²) in [6, 6.07) is 14.4. The highest BCUT2D eigenvalue weighted by molar-refractivity contribution is 5.87. The van der Waals surface area contributed by atoms with Gasteiger partial charge in [0.1, 0.15) is 5.82 Å². The highest BCUT2D eigenvalue weighted by Gasteiger charge is 2.40. The Morgan fingerprint density at radius 1 is 1.21 bits per heavy atom. The molecule has 28 heavy (non-hydrogen) atoms. The zero-order valence-electron chi connectivity index (χ0n) is 15.8. The molecule has 1 fully saturated rings. The molecule has 142 valence electrons. The number of amides is 1. The van der Waals surface area contributed by atoms with Crippen LogP contribution >= 0.6 is 0 Å². The van der Waals surface area contributed by atoms with E-state index in [1.54, 1.807) is 12.1 Å². The van der Waals surface area contributed by atoms with E-state index in [1.165, 1.54) is 18.2 Å². The average molecular weight is 375 g/mol. The topological polar surface area (TPSA) is 46.9 Å². The first-order valence-electron chi connectivity index (χ1n) is 9.34. The Morgan fingerprint density at radius 2 is 1.93 bits per heavy atom.